The van der Waals surface area contributed by atoms with Crippen LogP contribution in [0, 0.1) is 11.8 Å². The lowest BCUT2D eigenvalue weighted by Crippen LogP contribution is -1.96. The van der Waals surface area contributed by atoms with E-state index in [4.69, 9.17) is 5.73 Å². The third kappa shape index (κ3) is 18.5. The maximum absolute atomic E-state index is 5.20. The highest BCUT2D eigenvalue weighted by Crippen LogP contribution is 1.79. The van der Waals surface area contributed by atoms with Crippen molar-refractivity contribution in [1.82, 2.24) is 0 Å². The Hall–Kier alpha value is -0.480. The van der Waals surface area contributed by atoms with E-state index >= 15 is 0 Å². The lowest BCUT2D eigenvalue weighted by Gasteiger charge is -1.81. The van der Waals surface area contributed by atoms with Gasteiger partial charge < -0.3 is 5.73 Å². The number of hydrogen-bond donors (Lipinski definition) is 1. The standard InChI is InChI=1S/C6H11N.C2H6/c1-2-3-4-5-6-7;1-2/h4-7H2,1H3;1-2H3. The topological polar surface area (TPSA) is 26.0 Å². The molecule has 0 aliphatic rings. The SMILES string of the molecule is CC.CC#CCCCN. The van der Waals surface area contributed by atoms with Crippen LogP contribution in [0.15, 0.2) is 0 Å². The van der Waals surface area contributed by atoms with Crippen LogP contribution in [0.1, 0.15) is 33.6 Å². The molecule has 0 aliphatic heterocycles. The molecule has 1 nitrogen and oxygen atoms in total. The van der Waals surface area contributed by atoms with Crippen molar-refractivity contribution < 1.29 is 0 Å². The molecule has 0 fully saturated rings. The molecule has 0 spiro atoms. The van der Waals surface area contributed by atoms with E-state index in [2.05, 4.69) is 11.8 Å². The van der Waals surface area contributed by atoms with Gasteiger partial charge in [-0.1, -0.05) is 13.8 Å². The molecule has 0 atom stereocenters. The van der Waals surface area contributed by atoms with Crippen molar-refractivity contribution in [2.75, 3.05) is 6.54 Å². The van der Waals surface area contributed by atoms with Gasteiger partial charge in [-0.25, -0.2) is 0 Å². The molecule has 1 heteroatoms. The molecule has 0 aromatic heterocycles. The van der Waals surface area contributed by atoms with E-state index in [-0.39, 0.29) is 0 Å². The molecule has 0 aromatic rings. The Morgan fingerprint density at radius 3 is 2.22 bits per heavy atom. The first-order valence-electron chi connectivity index (χ1n) is 3.51. The van der Waals surface area contributed by atoms with Crippen LogP contribution < -0.4 is 5.73 Å². The summed E-state index contributed by atoms with van der Waals surface area (Å²) in [6.45, 7) is 6.60. The average molecular weight is 127 g/mol. The summed E-state index contributed by atoms with van der Waals surface area (Å²) < 4.78 is 0. The van der Waals surface area contributed by atoms with E-state index in [0.717, 1.165) is 19.4 Å². The number of nitrogens with two attached hydrogens (primary N) is 1. The highest BCUT2D eigenvalue weighted by molar-refractivity contribution is 4.94. The molecule has 0 radical (unpaired) electrons. The molecule has 54 valence electrons. The molecule has 0 unspecified atom stereocenters. The zero-order valence-electron chi connectivity index (χ0n) is 6.70. The van der Waals surface area contributed by atoms with E-state index in [1.165, 1.54) is 0 Å². The Bertz CT molecular complexity index is 76.3. The summed E-state index contributed by atoms with van der Waals surface area (Å²) in [7, 11) is 0. The van der Waals surface area contributed by atoms with Gasteiger partial charge in [-0.05, 0) is 19.9 Å². The second-order valence-electron chi connectivity index (χ2n) is 1.32. The first kappa shape index (κ1) is 11.3. The molecule has 0 aliphatic carbocycles. The first-order valence-corrected chi connectivity index (χ1v) is 3.51. The summed E-state index contributed by atoms with van der Waals surface area (Å²) in [4.78, 5) is 0. The second-order valence-corrected chi connectivity index (χ2v) is 1.32. The van der Waals surface area contributed by atoms with Crippen LogP contribution in [-0.2, 0) is 0 Å². The van der Waals surface area contributed by atoms with Crippen LogP contribution in [0.25, 0.3) is 0 Å². The Balaban J connectivity index is 0. The van der Waals surface area contributed by atoms with Gasteiger partial charge >= 0.3 is 0 Å². The largest absolute Gasteiger partial charge is 0.330 e. The van der Waals surface area contributed by atoms with Crippen LogP contribution in [-0.4, -0.2) is 6.54 Å². The van der Waals surface area contributed by atoms with Gasteiger partial charge in [0.15, 0.2) is 0 Å². The summed E-state index contributed by atoms with van der Waals surface area (Å²) in [5, 5.41) is 0. The Morgan fingerprint density at radius 1 is 1.33 bits per heavy atom. The van der Waals surface area contributed by atoms with Gasteiger partial charge in [0, 0.05) is 6.42 Å². The Kier molecular flexibility index (Phi) is 19.7. The summed E-state index contributed by atoms with van der Waals surface area (Å²) in [6.07, 6.45) is 1.98. The minimum Gasteiger partial charge on any atom is -0.330 e. The van der Waals surface area contributed by atoms with Gasteiger partial charge in [0.2, 0.25) is 0 Å². The van der Waals surface area contributed by atoms with E-state index in [1.54, 1.807) is 0 Å². The highest BCUT2D eigenvalue weighted by Gasteiger charge is 1.72. The quantitative estimate of drug-likeness (QED) is 0.444. The van der Waals surface area contributed by atoms with Crippen molar-refractivity contribution in [3.05, 3.63) is 0 Å². The van der Waals surface area contributed by atoms with Gasteiger partial charge in [-0.2, -0.15) is 0 Å². The predicted molar refractivity (Wildman–Crippen MR) is 43.1 cm³/mol. The molecule has 0 saturated carbocycles. The van der Waals surface area contributed by atoms with Crippen LogP contribution >= 0.6 is 0 Å². The van der Waals surface area contributed by atoms with Gasteiger partial charge in [-0.15, -0.1) is 11.8 Å². The number of hydrogen-bond acceptors (Lipinski definition) is 1. The van der Waals surface area contributed by atoms with Gasteiger partial charge in [0.05, 0.1) is 0 Å². The molecular weight excluding hydrogens is 110 g/mol. The normalized spacial score (nSPS) is 6.22. The first-order chi connectivity index (χ1) is 4.41. The van der Waals surface area contributed by atoms with Crippen molar-refractivity contribution in [1.29, 1.82) is 0 Å². The number of rotatable bonds is 2. The Labute approximate surface area is 58.6 Å². The fourth-order valence-corrected chi connectivity index (χ4v) is 0.315. The average Bonchev–Trinajstić information content (AvgIpc) is 1.94. The zero-order chi connectivity index (χ0) is 7.54. The zero-order valence-corrected chi connectivity index (χ0v) is 6.70. The molecular formula is C8H17N. The molecule has 9 heavy (non-hydrogen) atoms. The van der Waals surface area contributed by atoms with Crippen LogP contribution in [0.2, 0.25) is 0 Å². The van der Waals surface area contributed by atoms with Crippen LogP contribution in [0.5, 0.6) is 0 Å². The Morgan fingerprint density at radius 2 is 1.89 bits per heavy atom. The lowest BCUT2D eigenvalue weighted by atomic mass is 10.3. The molecule has 0 rings (SSSR count). The monoisotopic (exact) mass is 127 g/mol. The van der Waals surface area contributed by atoms with Gasteiger partial charge in [-0.3, -0.25) is 0 Å². The summed E-state index contributed by atoms with van der Waals surface area (Å²) in [5.41, 5.74) is 5.20. The smallest absolute Gasteiger partial charge is 0.0101 e. The van der Waals surface area contributed by atoms with Crippen LogP contribution in [0.3, 0.4) is 0 Å². The third-order valence-corrected chi connectivity index (χ3v) is 0.683. The highest BCUT2D eigenvalue weighted by atomic mass is 14.5. The molecule has 0 aromatic carbocycles. The molecule has 2 N–H and O–H groups in total. The van der Waals surface area contributed by atoms with E-state index in [9.17, 15) is 0 Å². The maximum Gasteiger partial charge on any atom is 0.0101 e. The van der Waals surface area contributed by atoms with E-state index < -0.39 is 0 Å². The summed E-state index contributed by atoms with van der Waals surface area (Å²) in [6, 6.07) is 0. The molecule has 0 saturated heterocycles. The van der Waals surface area contributed by atoms with E-state index in [1.807, 2.05) is 20.8 Å². The minimum atomic E-state index is 0.759. The van der Waals surface area contributed by atoms with Crippen molar-refractivity contribution >= 4 is 0 Å². The number of unbranched alkanes of at least 4 members (excludes halogenated alkanes) is 1. The van der Waals surface area contributed by atoms with Gasteiger partial charge in [0.1, 0.15) is 0 Å². The second kappa shape index (κ2) is 15.6. The van der Waals surface area contributed by atoms with Crippen molar-refractivity contribution in [3.63, 3.8) is 0 Å². The van der Waals surface area contributed by atoms with Gasteiger partial charge in [0.25, 0.3) is 0 Å². The fraction of sp³-hybridized carbons (Fsp3) is 0.750. The fourth-order valence-electron chi connectivity index (χ4n) is 0.315. The van der Waals surface area contributed by atoms with Crippen molar-refractivity contribution in [2.45, 2.75) is 33.6 Å². The predicted octanol–water partition coefficient (Wildman–Crippen LogP) is 1.77. The molecule has 0 bridgehead atoms. The van der Waals surface area contributed by atoms with Crippen molar-refractivity contribution in [3.8, 4) is 11.8 Å². The minimum absolute atomic E-state index is 0.759. The molecule has 0 heterocycles. The third-order valence-electron chi connectivity index (χ3n) is 0.683. The lowest BCUT2D eigenvalue weighted by molar-refractivity contribution is 0.870. The maximum atomic E-state index is 5.20. The van der Waals surface area contributed by atoms with E-state index in [0.29, 0.717) is 0 Å². The summed E-state index contributed by atoms with van der Waals surface area (Å²) >= 11 is 0. The summed E-state index contributed by atoms with van der Waals surface area (Å²) in [5.74, 6) is 5.72. The van der Waals surface area contributed by atoms with Crippen molar-refractivity contribution in [2.24, 2.45) is 5.73 Å². The van der Waals surface area contributed by atoms with Crippen LogP contribution in [0.4, 0.5) is 0 Å². The molecule has 0 amide bonds.